The maximum absolute atomic E-state index is 12.3. The Bertz CT molecular complexity index is 745. The average Bonchev–Trinajstić information content (AvgIpc) is 2.65. The number of amides is 2. The van der Waals surface area contributed by atoms with E-state index in [1.807, 2.05) is 6.07 Å². The molecule has 0 aromatic heterocycles. The van der Waals surface area contributed by atoms with Gasteiger partial charge in [0.15, 0.2) is 12.4 Å². The molecule has 0 saturated carbocycles. The van der Waals surface area contributed by atoms with Gasteiger partial charge in [-0.1, -0.05) is 62.4 Å². The Morgan fingerprint density at radius 1 is 0.923 bits per heavy atom. The van der Waals surface area contributed by atoms with Gasteiger partial charge in [0.05, 0.1) is 0 Å². The van der Waals surface area contributed by atoms with Crippen LogP contribution in [0, 0.1) is 5.92 Å². The number of carbonyl (C=O) groups is 3. The zero-order valence-electron chi connectivity index (χ0n) is 14.8. The van der Waals surface area contributed by atoms with E-state index in [1.54, 1.807) is 68.4 Å². The third-order valence-electron chi connectivity index (χ3n) is 3.68. The SMILES string of the molecule is CC(C)[C@H](NC(=O)Nc1ccccc1)C(=O)OCC(=O)c1ccccc1. The molecule has 0 fully saturated rings. The van der Waals surface area contributed by atoms with Crippen LogP contribution >= 0.6 is 0 Å². The van der Waals surface area contributed by atoms with Crippen molar-refractivity contribution in [3.8, 4) is 0 Å². The highest BCUT2D eigenvalue weighted by Crippen LogP contribution is 2.08. The first-order valence-electron chi connectivity index (χ1n) is 8.35. The summed E-state index contributed by atoms with van der Waals surface area (Å²) in [4.78, 5) is 36.4. The molecule has 0 saturated heterocycles. The maximum Gasteiger partial charge on any atom is 0.329 e. The van der Waals surface area contributed by atoms with Crippen LogP contribution in [0.4, 0.5) is 10.5 Å². The number of esters is 1. The molecule has 2 rings (SSSR count). The van der Waals surface area contributed by atoms with Crippen molar-refractivity contribution >= 4 is 23.5 Å². The molecule has 0 unspecified atom stereocenters. The molecule has 2 aromatic carbocycles. The summed E-state index contributed by atoms with van der Waals surface area (Å²) in [5.74, 6) is -1.14. The number of ketones is 1. The first kappa shape index (κ1) is 19.2. The highest BCUT2D eigenvalue weighted by atomic mass is 16.5. The zero-order valence-corrected chi connectivity index (χ0v) is 14.8. The Balaban J connectivity index is 1.90. The molecule has 0 heterocycles. The summed E-state index contributed by atoms with van der Waals surface area (Å²) >= 11 is 0. The van der Waals surface area contributed by atoms with Crippen molar-refractivity contribution in [3.63, 3.8) is 0 Å². The molecule has 0 spiro atoms. The van der Waals surface area contributed by atoms with Crippen LogP contribution in [0.3, 0.4) is 0 Å². The predicted molar refractivity (Wildman–Crippen MR) is 99.0 cm³/mol. The van der Waals surface area contributed by atoms with E-state index in [0.29, 0.717) is 11.3 Å². The minimum Gasteiger partial charge on any atom is -0.456 e. The van der Waals surface area contributed by atoms with E-state index in [-0.39, 0.29) is 18.3 Å². The number of carbonyl (C=O) groups excluding carboxylic acids is 3. The second-order valence-electron chi connectivity index (χ2n) is 6.08. The van der Waals surface area contributed by atoms with E-state index < -0.39 is 18.0 Å². The Kier molecular flexibility index (Phi) is 6.91. The Morgan fingerprint density at radius 3 is 2.08 bits per heavy atom. The monoisotopic (exact) mass is 354 g/mol. The molecule has 2 aromatic rings. The van der Waals surface area contributed by atoms with Gasteiger partial charge in [-0.05, 0) is 18.1 Å². The Labute approximate surface area is 152 Å². The van der Waals surface area contributed by atoms with Crippen LogP contribution < -0.4 is 10.6 Å². The topological polar surface area (TPSA) is 84.5 Å². The van der Waals surface area contributed by atoms with Crippen LogP contribution in [0.5, 0.6) is 0 Å². The van der Waals surface area contributed by atoms with Gasteiger partial charge in [0.2, 0.25) is 0 Å². The van der Waals surface area contributed by atoms with Gasteiger partial charge in [-0.15, -0.1) is 0 Å². The highest BCUT2D eigenvalue weighted by Gasteiger charge is 2.26. The molecule has 6 heteroatoms. The summed E-state index contributed by atoms with van der Waals surface area (Å²) in [7, 11) is 0. The number of rotatable bonds is 7. The van der Waals surface area contributed by atoms with Gasteiger partial charge in [-0.3, -0.25) is 4.79 Å². The third-order valence-corrected chi connectivity index (χ3v) is 3.68. The van der Waals surface area contributed by atoms with Crippen molar-refractivity contribution in [3.05, 3.63) is 66.2 Å². The minimum absolute atomic E-state index is 0.198. The Hall–Kier alpha value is -3.15. The van der Waals surface area contributed by atoms with E-state index in [1.165, 1.54) is 0 Å². The molecule has 0 aliphatic rings. The molecule has 0 aliphatic carbocycles. The van der Waals surface area contributed by atoms with Crippen LogP contribution in [0.25, 0.3) is 0 Å². The third kappa shape index (κ3) is 5.73. The van der Waals surface area contributed by atoms with Gasteiger partial charge < -0.3 is 15.4 Å². The average molecular weight is 354 g/mol. The van der Waals surface area contributed by atoms with Crippen molar-refractivity contribution in [2.24, 2.45) is 5.92 Å². The first-order chi connectivity index (χ1) is 12.5. The fourth-order valence-electron chi connectivity index (χ4n) is 2.26. The lowest BCUT2D eigenvalue weighted by Crippen LogP contribution is -2.47. The quantitative estimate of drug-likeness (QED) is 0.590. The fraction of sp³-hybridized carbons (Fsp3) is 0.250. The first-order valence-corrected chi connectivity index (χ1v) is 8.35. The number of Topliss-reactive ketones (excluding diaryl/α,β-unsaturated/α-hetero) is 1. The van der Waals surface area contributed by atoms with Gasteiger partial charge >= 0.3 is 12.0 Å². The zero-order chi connectivity index (χ0) is 18.9. The van der Waals surface area contributed by atoms with Gasteiger partial charge in [0.25, 0.3) is 0 Å². The van der Waals surface area contributed by atoms with Crippen LogP contribution in [-0.4, -0.2) is 30.4 Å². The lowest BCUT2D eigenvalue weighted by atomic mass is 10.1. The van der Waals surface area contributed by atoms with E-state index >= 15 is 0 Å². The van der Waals surface area contributed by atoms with Gasteiger partial charge in [-0.25, -0.2) is 9.59 Å². The van der Waals surface area contributed by atoms with Crippen molar-refractivity contribution in [2.75, 3.05) is 11.9 Å². The molecular weight excluding hydrogens is 332 g/mol. The minimum atomic E-state index is -0.859. The highest BCUT2D eigenvalue weighted by molar-refractivity contribution is 5.98. The maximum atomic E-state index is 12.3. The summed E-state index contributed by atoms with van der Waals surface area (Å²) in [5, 5.41) is 5.24. The number of hydrogen-bond donors (Lipinski definition) is 2. The molecule has 0 bridgehead atoms. The molecule has 1 atom stereocenters. The van der Waals surface area contributed by atoms with Gasteiger partial charge in [0, 0.05) is 11.3 Å². The van der Waals surface area contributed by atoms with Crippen LogP contribution in [-0.2, 0) is 9.53 Å². The largest absolute Gasteiger partial charge is 0.456 e. The summed E-state index contributed by atoms with van der Waals surface area (Å²) in [6.45, 7) is 3.20. The number of para-hydroxylation sites is 1. The second kappa shape index (κ2) is 9.36. The normalized spacial score (nSPS) is 11.5. The summed E-state index contributed by atoms with van der Waals surface area (Å²) in [5.41, 5.74) is 1.08. The lowest BCUT2D eigenvalue weighted by molar-refractivity contribution is -0.145. The number of benzene rings is 2. The van der Waals surface area contributed by atoms with Crippen LogP contribution in [0.15, 0.2) is 60.7 Å². The van der Waals surface area contributed by atoms with E-state index in [4.69, 9.17) is 4.74 Å². The van der Waals surface area contributed by atoms with Gasteiger partial charge in [0.1, 0.15) is 6.04 Å². The second-order valence-corrected chi connectivity index (χ2v) is 6.08. The standard InChI is InChI=1S/C20H22N2O4/c1-14(2)18(22-20(25)21-16-11-7-4-8-12-16)19(24)26-13-17(23)15-9-5-3-6-10-15/h3-12,14,18H,13H2,1-2H3,(H2,21,22,25)/t18-/m0/s1. The summed E-state index contributed by atoms with van der Waals surface area (Å²) < 4.78 is 5.10. The molecule has 6 nitrogen and oxygen atoms in total. The Morgan fingerprint density at radius 2 is 1.50 bits per heavy atom. The van der Waals surface area contributed by atoms with Gasteiger partial charge in [-0.2, -0.15) is 0 Å². The fourth-order valence-corrected chi connectivity index (χ4v) is 2.26. The van der Waals surface area contributed by atoms with E-state index in [2.05, 4.69) is 10.6 Å². The molecule has 0 aliphatic heterocycles. The smallest absolute Gasteiger partial charge is 0.329 e. The predicted octanol–water partition coefficient (Wildman–Crippen LogP) is 3.26. The molecule has 136 valence electrons. The number of ether oxygens (including phenoxy) is 1. The van der Waals surface area contributed by atoms with Crippen molar-refractivity contribution < 1.29 is 19.1 Å². The van der Waals surface area contributed by atoms with Crippen LogP contribution in [0.1, 0.15) is 24.2 Å². The molecule has 2 amide bonds. The van der Waals surface area contributed by atoms with Crippen LogP contribution in [0.2, 0.25) is 0 Å². The number of hydrogen-bond acceptors (Lipinski definition) is 4. The molecule has 0 radical (unpaired) electrons. The number of nitrogens with one attached hydrogen (secondary N) is 2. The lowest BCUT2D eigenvalue weighted by Gasteiger charge is -2.21. The van der Waals surface area contributed by atoms with Crippen molar-refractivity contribution in [1.29, 1.82) is 0 Å². The number of urea groups is 1. The summed E-state index contributed by atoms with van der Waals surface area (Å²) in [6, 6.07) is 16.1. The molecule has 26 heavy (non-hydrogen) atoms. The van der Waals surface area contributed by atoms with Crippen molar-refractivity contribution in [2.45, 2.75) is 19.9 Å². The molecule has 2 N–H and O–H groups in total. The number of anilines is 1. The van der Waals surface area contributed by atoms with Crippen molar-refractivity contribution in [1.82, 2.24) is 5.32 Å². The van der Waals surface area contributed by atoms with E-state index in [0.717, 1.165) is 0 Å². The molecular formula is C20H22N2O4. The van der Waals surface area contributed by atoms with E-state index in [9.17, 15) is 14.4 Å². The summed E-state index contributed by atoms with van der Waals surface area (Å²) in [6.07, 6.45) is 0.